The summed E-state index contributed by atoms with van der Waals surface area (Å²) in [5.74, 6) is 1.01. The van der Waals surface area contributed by atoms with Crippen molar-refractivity contribution in [2.24, 2.45) is 17.8 Å². The van der Waals surface area contributed by atoms with Crippen molar-refractivity contribution in [2.45, 2.75) is 72.1 Å². The number of rotatable bonds is 5. The van der Waals surface area contributed by atoms with E-state index in [1.54, 1.807) is 0 Å². The Labute approximate surface area is 153 Å². The maximum Gasteiger partial charge on any atom is 0.311 e. The number of carbonyl (C=O) groups excluding carboxylic acids is 1. The molecular weight excluding hydrogens is 310 g/mol. The second-order valence-electron chi connectivity index (χ2n) is 8.87. The maximum absolute atomic E-state index is 12.9. The Morgan fingerprint density at radius 1 is 1.12 bits per heavy atom. The zero-order valence-corrected chi connectivity index (χ0v) is 17.0. The first kappa shape index (κ1) is 20.0. The summed E-state index contributed by atoms with van der Waals surface area (Å²) in [4.78, 5) is 15.3. The normalized spacial score (nSPS) is 25.4. The van der Waals surface area contributed by atoms with E-state index in [2.05, 4.69) is 57.0 Å². The monoisotopic (exact) mass is 345 g/mol. The fraction of sp³-hybridized carbons (Fsp3) is 0.682. The lowest BCUT2D eigenvalue weighted by Crippen LogP contribution is -2.46. The molecule has 3 nitrogen and oxygen atoms in total. The molecule has 140 valence electrons. The molecule has 0 N–H and O–H groups in total. The van der Waals surface area contributed by atoms with Gasteiger partial charge < -0.3 is 4.74 Å². The topological polar surface area (TPSA) is 29.5 Å². The molecule has 0 radical (unpaired) electrons. The van der Waals surface area contributed by atoms with Gasteiger partial charge in [-0.15, -0.1) is 0 Å². The molecular formula is C22H35NO2. The van der Waals surface area contributed by atoms with Crippen LogP contribution in [-0.4, -0.2) is 29.6 Å². The van der Waals surface area contributed by atoms with E-state index in [0.29, 0.717) is 11.8 Å². The SMILES string of the molecule is CC(C)[C@@H]1CC[C@H](C(=O)OC(C)(C)C)[C@H]1N(C)[C@@H](C)c1ccccc1. The molecule has 1 saturated carbocycles. The smallest absolute Gasteiger partial charge is 0.311 e. The van der Waals surface area contributed by atoms with Crippen molar-refractivity contribution in [1.29, 1.82) is 0 Å². The van der Waals surface area contributed by atoms with Gasteiger partial charge in [-0.05, 0) is 65.0 Å². The van der Waals surface area contributed by atoms with Gasteiger partial charge in [0.2, 0.25) is 0 Å². The molecule has 0 spiro atoms. The summed E-state index contributed by atoms with van der Waals surface area (Å²) in [6.45, 7) is 12.6. The van der Waals surface area contributed by atoms with Gasteiger partial charge >= 0.3 is 5.97 Å². The summed E-state index contributed by atoms with van der Waals surface area (Å²) < 4.78 is 5.75. The summed E-state index contributed by atoms with van der Waals surface area (Å²) in [5, 5.41) is 0. The quantitative estimate of drug-likeness (QED) is 0.698. The van der Waals surface area contributed by atoms with Crippen molar-refractivity contribution in [3.8, 4) is 0 Å². The molecule has 0 bridgehead atoms. The molecule has 4 atom stereocenters. The van der Waals surface area contributed by atoms with Crippen molar-refractivity contribution in [1.82, 2.24) is 4.90 Å². The van der Waals surface area contributed by atoms with Gasteiger partial charge in [-0.2, -0.15) is 0 Å². The molecule has 2 rings (SSSR count). The Balaban J connectivity index is 2.25. The number of esters is 1. The molecule has 1 fully saturated rings. The van der Waals surface area contributed by atoms with E-state index in [1.807, 2.05) is 26.8 Å². The Morgan fingerprint density at radius 2 is 1.72 bits per heavy atom. The fourth-order valence-corrected chi connectivity index (χ4v) is 4.19. The van der Waals surface area contributed by atoms with Gasteiger partial charge in [0, 0.05) is 12.1 Å². The Bertz CT molecular complexity index is 561. The lowest BCUT2D eigenvalue weighted by Gasteiger charge is -2.39. The zero-order chi connectivity index (χ0) is 18.8. The Morgan fingerprint density at radius 3 is 2.24 bits per heavy atom. The second kappa shape index (κ2) is 7.90. The molecule has 1 aromatic carbocycles. The van der Waals surface area contributed by atoms with Crippen molar-refractivity contribution in [3.63, 3.8) is 0 Å². The van der Waals surface area contributed by atoms with Crippen LogP contribution >= 0.6 is 0 Å². The van der Waals surface area contributed by atoms with E-state index >= 15 is 0 Å². The van der Waals surface area contributed by atoms with Crippen LogP contribution < -0.4 is 0 Å². The number of ether oxygens (including phenoxy) is 1. The van der Waals surface area contributed by atoms with E-state index in [0.717, 1.165) is 12.8 Å². The number of nitrogens with zero attached hydrogens (tertiary/aromatic N) is 1. The van der Waals surface area contributed by atoms with Crippen LogP contribution in [0.5, 0.6) is 0 Å². The fourth-order valence-electron chi connectivity index (χ4n) is 4.19. The summed E-state index contributed by atoms with van der Waals surface area (Å²) >= 11 is 0. The van der Waals surface area contributed by atoms with E-state index in [9.17, 15) is 4.79 Å². The van der Waals surface area contributed by atoms with Gasteiger partial charge in [0.25, 0.3) is 0 Å². The van der Waals surface area contributed by atoms with E-state index in [4.69, 9.17) is 4.74 Å². The molecule has 1 aromatic rings. The van der Waals surface area contributed by atoms with Gasteiger partial charge in [-0.1, -0.05) is 44.2 Å². The predicted molar refractivity (Wildman–Crippen MR) is 103 cm³/mol. The molecule has 1 aliphatic carbocycles. The summed E-state index contributed by atoms with van der Waals surface area (Å²) in [7, 11) is 2.17. The Kier molecular flexibility index (Phi) is 6.31. The third-order valence-electron chi connectivity index (χ3n) is 5.59. The first-order valence-corrected chi connectivity index (χ1v) is 9.61. The van der Waals surface area contributed by atoms with Crippen molar-refractivity contribution in [3.05, 3.63) is 35.9 Å². The molecule has 25 heavy (non-hydrogen) atoms. The minimum atomic E-state index is -0.429. The summed E-state index contributed by atoms with van der Waals surface area (Å²) in [6.07, 6.45) is 2.02. The highest BCUT2D eigenvalue weighted by Gasteiger charge is 2.46. The molecule has 0 aliphatic heterocycles. The van der Waals surface area contributed by atoms with Gasteiger partial charge in [0.1, 0.15) is 5.60 Å². The lowest BCUT2D eigenvalue weighted by atomic mass is 9.86. The highest BCUT2D eigenvalue weighted by molar-refractivity contribution is 5.74. The molecule has 0 amide bonds. The molecule has 0 heterocycles. The Hall–Kier alpha value is -1.35. The number of hydrogen-bond donors (Lipinski definition) is 0. The van der Waals surface area contributed by atoms with Gasteiger partial charge in [-0.25, -0.2) is 0 Å². The third kappa shape index (κ3) is 4.84. The van der Waals surface area contributed by atoms with Gasteiger partial charge in [-0.3, -0.25) is 9.69 Å². The van der Waals surface area contributed by atoms with E-state index in [1.165, 1.54) is 5.56 Å². The van der Waals surface area contributed by atoms with Gasteiger partial charge in [0.15, 0.2) is 0 Å². The van der Waals surface area contributed by atoms with Crippen molar-refractivity contribution in [2.75, 3.05) is 7.05 Å². The first-order chi connectivity index (χ1) is 11.6. The van der Waals surface area contributed by atoms with Crippen LogP contribution in [-0.2, 0) is 9.53 Å². The lowest BCUT2D eigenvalue weighted by molar-refractivity contribution is -0.162. The zero-order valence-electron chi connectivity index (χ0n) is 17.0. The molecule has 0 aromatic heterocycles. The van der Waals surface area contributed by atoms with Gasteiger partial charge in [0.05, 0.1) is 5.92 Å². The number of benzene rings is 1. The van der Waals surface area contributed by atoms with Crippen molar-refractivity contribution >= 4 is 5.97 Å². The van der Waals surface area contributed by atoms with Crippen LogP contribution in [0.3, 0.4) is 0 Å². The first-order valence-electron chi connectivity index (χ1n) is 9.61. The van der Waals surface area contributed by atoms with Crippen LogP contribution in [0.1, 0.15) is 66.0 Å². The van der Waals surface area contributed by atoms with Crippen LogP contribution in [0, 0.1) is 17.8 Å². The largest absolute Gasteiger partial charge is 0.460 e. The number of carbonyl (C=O) groups is 1. The van der Waals surface area contributed by atoms with Crippen LogP contribution in [0.2, 0.25) is 0 Å². The third-order valence-corrected chi connectivity index (χ3v) is 5.59. The maximum atomic E-state index is 12.9. The second-order valence-corrected chi connectivity index (χ2v) is 8.87. The minimum Gasteiger partial charge on any atom is -0.460 e. The molecule has 3 heteroatoms. The van der Waals surface area contributed by atoms with Crippen molar-refractivity contribution < 1.29 is 9.53 Å². The predicted octanol–water partition coefficient (Wildman–Crippen LogP) is 5.07. The average Bonchev–Trinajstić information content (AvgIpc) is 2.98. The minimum absolute atomic E-state index is 0.0345. The summed E-state index contributed by atoms with van der Waals surface area (Å²) in [6, 6.07) is 11.1. The highest BCUT2D eigenvalue weighted by Crippen LogP contribution is 2.42. The standard InChI is InChI=1S/C22H35NO2/c1-15(2)18-13-14-19(21(24)25-22(4,5)6)20(18)23(7)16(3)17-11-9-8-10-12-17/h8-12,15-16,18-20H,13-14H2,1-7H3/t16-,18-,19-,20-/m0/s1. The van der Waals surface area contributed by atoms with Crippen LogP contribution in [0.4, 0.5) is 0 Å². The molecule has 0 unspecified atom stereocenters. The average molecular weight is 346 g/mol. The molecule has 0 saturated heterocycles. The number of hydrogen-bond acceptors (Lipinski definition) is 3. The van der Waals surface area contributed by atoms with E-state index in [-0.39, 0.29) is 24.0 Å². The summed E-state index contributed by atoms with van der Waals surface area (Å²) in [5.41, 5.74) is 0.864. The van der Waals surface area contributed by atoms with Crippen LogP contribution in [0.25, 0.3) is 0 Å². The van der Waals surface area contributed by atoms with Crippen LogP contribution in [0.15, 0.2) is 30.3 Å². The van der Waals surface area contributed by atoms with E-state index < -0.39 is 5.60 Å². The highest BCUT2D eigenvalue weighted by atomic mass is 16.6. The molecule has 1 aliphatic rings.